The van der Waals surface area contributed by atoms with E-state index in [9.17, 15) is 0 Å². The molecule has 1 fully saturated rings. The molecule has 1 aliphatic rings. The van der Waals surface area contributed by atoms with Crippen LogP contribution in [0.15, 0.2) is 0 Å². The average Bonchev–Trinajstić information content (AvgIpc) is 2.64. The molecule has 4 nitrogen and oxygen atoms in total. The van der Waals surface area contributed by atoms with Crippen LogP contribution in [0.1, 0.15) is 19.8 Å². The van der Waals surface area contributed by atoms with Crippen LogP contribution < -0.4 is 5.32 Å². The minimum absolute atomic E-state index is 0.0401. The molecule has 0 amide bonds. The Morgan fingerprint density at radius 3 is 2.88 bits per heavy atom. The monoisotopic (exact) mass is 224 g/mol. The van der Waals surface area contributed by atoms with Crippen LogP contribution in [-0.2, 0) is 0 Å². The first-order valence-corrected chi connectivity index (χ1v) is 6.19. The summed E-state index contributed by atoms with van der Waals surface area (Å²) in [4.78, 5) is 4.69. The smallest absolute Gasteiger partial charge is 0.108 e. The molecule has 0 aromatic rings. The molecule has 1 aliphatic heterocycles. The number of nitriles is 1. The second-order valence-electron chi connectivity index (χ2n) is 4.74. The van der Waals surface area contributed by atoms with Gasteiger partial charge in [-0.05, 0) is 40.0 Å². The SMILES string of the molecule is CCNC(C#N)CN(C)CC1CCCN1C. The van der Waals surface area contributed by atoms with E-state index in [-0.39, 0.29) is 6.04 Å². The van der Waals surface area contributed by atoms with Gasteiger partial charge in [0.1, 0.15) is 6.04 Å². The first-order chi connectivity index (χ1) is 7.67. The van der Waals surface area contributed by atoms with E-state index in [1.807, 2.05) is 6.92 Å². The van der Waals surface area contributed by atoms with Crippen molar-refractivity contribution in [2.24, 2.45) is 0 Å². The fourth-order valence-corrected chi connectivity index (χ4v) is 2.35. The van der Waals surface area contributed by atoms with Crippen LogP contribution in [-0.4, -0.2) is 62.2 Å². The van der Waals surface area contributed by atoms with Crippen molar-refractivity contribution in [3.63, 3.8) is 0 Å². The number of hydrogen-bond donors (Lipinski definition) is 1. The molecular formula is C12H24N4. The van der Waals surface area contributed by atoms with E-state index in [4.69, 9.17) is 5.26 Å². The molecular weight excluding hydrogens is 200 g/mol. The molecule has 1 heterocycles. The molecule has 0 spiro atoms. The Labute approximate surface area is 99.2 Å². The minimum Gasteiger partial charge on any atom is -0.302 e. The molecule has 0 aromatic carbocycles. The summed E-state index contributed by atoms with van der Waals surface area (Å²) < 4.78 is 0. The van der Waals surface area contributed by atoms with Crippen LogP contribution in [0.2, 0.25) is 0 Å². The van der Waals surface area contributed by atoms with Gasteiger partial charge in [-0.1, -0.05) is 6.92 Å². The van der Waals surface area contributed by atoms with Crippen molar-refractivity contribution in [2.45, 2.75) is 31.8 Å². The van der Waals surface area contributed by atoms with Crippen molar-refractivity contribution >= 4 is 0 Å². The second-order valence-corrected chi connectivity index (χ2v) is 4.74. The van der Waals surface area contributed by atoms with Gasteiger partial charge in [0, 0.05) is 19.1 Å². The van der Waals surface area contributed by atoms with Gasteiger partial charge in [-0.2, -0.15) is 5.26 Å². The molecule has 0 saturated carbocycles. The van der Waals surface area contributed by atoms with Crippen LogP contribution in [0.5, 0.6) is 0 Å². The Bertz CT molecular complexity index is 236. The van der Waals surface area contributed by atoms with Gasteiger partial charge in [-0.25, -0.2) is 0 Å². The van der Waals surface area contributed by atoms with Gasteiger partial charge in [0.2, 0.25) is 0 Å². The fraction of sp³-hybridized carbons (Fsp3) is 0.917. The zero-order valence-electron chi connectivity index (χ0n) is 10.7. The lowest BCUT2D eigenvalue weighted by atomic mass is 10.2. The van der Waals surface area contributed by atoms with Gasteiger partial charge in [0.15, 0.2) is 0 Å². The van der Waals surface area contributed by atoms with Crippen LogP contribution in [0, 0.1) is 11.3 Å². The lowest BCUT2D eigenvalue weighted by molar-refractivity contribution is 0.214. The Kier molecular flexibility index (Phi) is 5.75. The van der Waals surface area contributed by atoms with Crippen molar-refractivity contribution in [3.8, 4) is 6.07 Å². The van der Waals surface area contributed by atoms with Gasteiger partial charge < -0.3 is 15.1 Å². The van der Waals surface area contributed by atoms with E-state index < -0.39 is 0 Å². The molecule has 0 aliphatic carbocycles. The summed E-state index contributed by atoms with van der Waals surface area (Å²) in [6.45, 7) is 5.99. The highest BCUT2D eigenvalue weighted by Gasteiger charge is 2.22. The number of likely N-dealkylation sites (N-methyl/N-ethyl adjacent to an activating group) is 3. The zero-order chi connectivity index (χ0) is 12.0. The normalized spacial score (nSPS) is 23.6. The predicted octanol–water partition coefficient (Wildman–Crippen LogP) is 0.514. The maximum Gasteiger partial charge on any atom is 0.108 e. The largest absolute Gasteiger partial charge is 0.302 e. The molecule has 0 radical (unpaired) electrons. The summed E-state index contributed by atoms with van der Waals surface area (Å²) in [5.74, 6) is 0. The quantitative estimate of drug-likeness (QED) is 0.714. The molecule has 0 bridgehead atoms. The fourth-order valence-electron chi connectivity index (χ4n) is 2.35. The van der Waals surface area contributed by atoms with E-state index >= 15 is 0 Å². The topological polar surface area (TPSA) is 42.3 Å². The molecule has 2 atom stereocenters. The number of likely N-dealkylation sites (tertiary alicyclic amines) is 1. The van der Waals surface area contributed by atoms with Gasteiger partial charge >= 0.3 is 0 Å². The molecule has 2 unspecified atom stereocenters. The molecule has 1 rings (SSSR count). The second kappa shape index (κ2) is 6.85. The van der Waals surface area contributed by atoms with Crippen molar-refractivity contribution < 1.29 is 0 Å². The third kappa shape index (κ3) is 4.09. The first-order valence-electron chi connectivity index (χ1n) is 6.19. The molecule has 92 valence electrons. The lowest BCUT2D eigenvalue weighted by Crippen LogP contribution is -2.43. The van der Waals surface area contributed by atoms with Crippen molar-refractivity contribution in [2.75, 3.05) is 40.3 Å². The highest BCUT2D eigenvalue weighted by atomic mass is 15.2. The van der Waals surface area contributed by atoms with Gasteiger partial charge in [-0.15, -0.1) is 0 Å². The molecule has 16 heavy (non-hydrogen) atoms. The number of nitrogens with zero attached hydrogens (tertiary/aromatic N) is 3. The average molecular weight is 224 g/mol. The third-order valence-corrected chi connectivity index (χ3v) is 3.29. The number of nitrogens with one attached hydrogen (secondary N) is 1. The van der Waals surface area contributed by atoms with Crippen LogP contribution in [0.4, 0.5) is 0 Å². The minimum atomic E-state index is -0.0401. The number of hydrogen-bond acceptors (Lipinski definition) is 4. The van der Waals surface area contributed by atoms with Gasteiger partial charge in [0.05, 0.1) is 6.07 Å². The lowest BCUT2D eigenvalue weighted by Gasteiger charge is -2.27. The zero-order valence-corrected chi connectivity index (χ0v) is 10.7. The van der Waals surface area contributed by atoms with Gasteiger partial charge in [0.25, 0.3) is 0 Å². The third-order valence-electron chi connectivity index (χ3n) is 3.29. The molecule has 1 saturated heterocycles. The standard InChI is InChI=1S/C12H24N4/c1-4-14-11(8-13)9-15(2)10-12-6-5-7-16(12)3/h11-12,14H,4-7,9-10H2,1-3H3. The highest BCUT2D eigenvalue weighted by molar-refractivity contribution is 4.92. The van der Waals surface area contributed by atoms with Gasteiger partial charge in [-0.3, -0.25) is 0 Å². The Balaban J connectivity index is 2.29. The maximum absolute atomic E-state index is 8.97. The summed E-state index contributed by atoms with van der Waals surface area (Å²) in [6.07, 6.45) is 2.60. The van der Waals surface area contributed by atoms with E-state index in [1.54, 1.807) is 0 Å². The van der Waals surface area contributed by atoms with Crippen LogP contribution in [0.25, 0.3) is 0 Å². The highest BCUT2D eigenvalue weighted by Crippen LogP contribution is 2.15. The van der Waals surface area contributed by atoms with Crippen molar-refractivity contribution in [1.29, 1.82) is 5.26 Å². The Hall–Kier alpha value is -0.630. The first kappa shape index (κ1) is 13.4. The summed E-state index contributed by atoms with van der Waals surface area (Å²) >= 11 is 0. The number of rotatable bonds is 6. The van der Waals surface area contributed by atoms with E-state index in [1.165, 1.54) is 19.4 Å². The predicted molar refractivity (Wildman–Crippen MR) is 66.2 cm³/mol. The van der Waals surface area contributed by atoms with Crippen LogP contribution in [0.3, 0.4) is 0 Å². The van der Waals surface area contributed by atoms with Crippen molar-refractivity contribution in [3.05, 3.63) is 0 Å². The maximum atomic E-state index is 8.97. The Morgan fingerprint density at radius 2 is 2.38 bits per heavy atom. The summed E-state index contributed by atoms with van der Waals surface area (Å²) in [5, 5.41) is 12.2. The molecule has 0 aromatic heterocycles. The Morgan fingerprint density at radius 1 is 1.62 bits per heavy atom. The van der Waals surface area contributed by atoms with E-state index in [0.717, 1.165) is 19.6 Å². The van der Waals surface area contributed by atoms with E-state index in [2.05, 4.69) is 35.3 Å². The summed E-state index contributed by atoms with van der Waals surface area (Å²) in [7, 11) is 4.30. The van der Waals surface area contributed by atoms with Crippen LogP contribution >= 0.6 is 0 Å². The molecule has 1 N–H and O–H groups in total. The summed E-state index contributed by atoms with van der Waals surface area (Å²) in [5.41, 5.74) is 0. The van der Waals surface area contributed by atoms with E-state index in [0.29, 0.717) is 6.04 Å². The molecule has 4 heteroatoms. The van der Waals surface area contributed by atoms with Crippen molar-refractivity contribution in [1.82, 2.24) is 15.1 Å². The summed E-state index contributed by atoms with van der Waals surface area (Å²) in [6, 6.07) is 2.94.